The maximum absolute atomic E-state index is 13.2. The minimum absolute atomic E-state index is 0. The molecule has 8 rings (SSSR count). The van der Waals surface area contributed by atoms with Crippen molar-refractivity contribution in [3.63, 3.8) is 0 Å². The Morgan fingerprint density at radius 2 is 0.778 bits per heavy atom. The van der Waals surface area contributed by atoms with E-state index < -0.39 is 0 Å². The zero-order valence-electron chi connectivity index (χ0n) is 36.3. The van der Waals surface area contributed by atoms with Gasteiger partial charge in [-0.1, -0.05) is 68.5 Å². The molecule has 0 aliphatic rings. The monoisotopic (exact) mass is 880 g/mol. The van der Waals surface area contributed by atoms with E-state index in [9.17, 15) is 9.59 Å². The Labute approximate surface area is 381 Å². The predicted octanol–water partition coefficient (Wildman–Crippen LogP) is 4.14. The summed E-state index contributed by atoms with van der Waals surface area (Å²) in [5, 5.41) is 6.36. The Morgan fingerprint density at radius 3 is 1.14 bits per heavy atom. The van der Waals surface area contributed by atoms with E-state index in [0.717, 1.165) is 134 Å². The van der Waals surface area contributed by atoms with Crippen LogP contribution in [0.2, 0.25) is 0 Å². The molecular formula is C51H54Cl2N8O2. The van der Waals surface area contributed by atoms with Crippen LogP contribution in [0.25, 0.3) is 55.5 Å². The maximum atomic E-state index is 13.2. The molecule has 2 heterocycles. The standard InChI is InChI=1S/C51H52N8O2.2ClH/c1-32-24-42-46(28-38(32)52)58(36-18-12-10-13-19-36)48-30-40(34(3)26-44(48)54-42)56-50(60)22-16-8-6-5-7-9-17-23-51(61)57-41-31-49-45(27-35(41)4)55-43-25-33(2)39(53)29-47(43)59(49)37-20-14-11-15-21-37;;/h10-15,18-21,24-31H,5-9,16-17,22-23H2,1-4H3,(H4,52,53,56,57,60,61);2*1H. The van der Waals surface area contributed by atoms with E-state index >= 15 is 0 Å². The number of rotatable bonds is 14. The molecule has 2 aromatic heterocycles. The summed E-state index contributed by atoms with van der Waals surface area (Å²) in [7, 11) is 0. The summed E-state index contributed by atoms with van der Waals surface area (Å²) in [5.41, 5.74) is 28.6. The molecule has 0 radical (unpaired) electrons. The molecule has 6 aromatic carbocycles. The number of benzene rings is 6. The summed E-state index contributed by atoms with van der Waals surface area (Å²) in [6.45, 7) is 8.00. The minimum Gasteiger partial charge on any atom is -1.00 e. The Morgan fingerprint density at radius 1 is 0.460 bits per heavy atom. The fraction of sp³-hybridized carbons (Fsp3) is 0.255. The number of hydrogen-bond acceptors (Lipinski definition) is 6. The second-order valence-corrected chi connectivity index (χ2v) is 16.3. The summed E-state index contributed by atoms with van der Waals surface area (Å²) in [6.07, 6.45) is 7.71. The number of nitrogens with one attached hydrogen (secondary N) is 2. The van der Waals surface area contributed by atoms with Crippen molar-refractivity contribution in [2.24, 2.45) is 0 Å². The van der Waals surface area contributed by atoms with Crippen LogP contribution in [-0.2, 0) is 9.59 Å². The highest BCUT2D eigenvalue weighted by atomic mass is 35.5. The van der Waals surface area contributed by atoms with Crippen molar-refractivity contribution in [3.8, 4) is 11.4 Å². The Kier molecular flexibility index (Phi) is 14.8. The molecule has 0 fully saturated rings. The van der Waals surface area contributed by atoms with Gasteiger partial charge in [0.15, 0.2) is 0 Å². The third-order valence-corrected chi connectivity index (χ3v) is 11.7. The number of anilines is 4. The van der Waals surface area contributed by atoms with E-state index in [1.54, 1.807) is 0 Å². The highest BCUT2D eigenvalue weighted by Gasteiger charge is 2.24. The Bertz CT molecular complexity index is 2760. The third-order valence-electron chi connectivity index (χ3n) is 11.7. The number of amides is 2. The van der Waals surface area contributed by atoms with Crippen molar-refractivity contribution in [3.05, 3.63) is 131 Å². The predicted molar refractivity (Wildman–Crippen MR) is 248 cm³/mol. The third kappa shape index (κ3) is 10.1. The summed E-state index contributed by atoms with van der Waals surface area (Å²) >= 11 is 0. The SMILES string of the molecule is Cc1cc2nc3cc(C)c(NC(=O)CCCCCCCCCC(=O)Nc4cc5c(cc4C)nc4cc(C)c(N)cc4[n+]5-c4ccccc4)cc3[n+](-c3ccccc3)c2cc1N.[Cl-].[Cl-]. The number of aryl methyl sites for hydroxylation is 4. The van der Waals surface area contributed by atoms with Gasteiger partial charge in [-0.25, -0.2) is 9.97 Å². The fourth-order valence-corrected chi connectivity index (χ4v) is 8.21. The van der Waals surface area contributed by atoms with Crippen molar-refractivity contribution >= 4 is 78.7 Å². The lowest BCUT2D eigenvalue weighted by molar-refractivity contribution is -0.538. The van der Waals surface area contributed by atoms with Gasteiger partial charge in [-0.2, -0.15) is 0 Å². The van der Waals surface area contributed by atoms with Gasteiger partial charge in [-0.05, 0) is 87.1 Å². The molecule has 63 heavy (non-hydrogen) atoms. The number of aromatic nitrogens is 4. The van der Waals surface area contributed by atoms with Crippen LogP contribution in [-0.4, -0.2) is 21.8 Å². The van der Waals surface area contributed by atoms with Gasteiger partial charge in [0.05, 0.1) is 11.4 Å². The number of unbranched alkanes of at least 4 members (excludes halogenated alkanes) is 6. The molecule has 0 saturated carbocycles. The van der Waals surface area contributed by atoms with Gasteiger partial charge in [0.25, 0.3) is 0 Å². The normalized spacial score (nSPS) is 11.1. The van der Waals surface area contributed by atoms with Gasteiger partial charge in [0.2, 0.25) is 45.3 Å². The number of nitrogens with zero attached hydrogens (tertiary/aromatic N) is 4. The lowest BCUT2D eigenvalue weighted by Gasteiger charge is -2.12. The van der Waals surface area contributed by atoms with Gasteiger partial charge < -0.3 is 46.9 Å². The number of fused-ring (bicyclic) bond motifs is 4. The van der Waals surface area contributed by atoms with Crippen molar-refractivity contribution in [2.45, 2.75) is 85.5 Å². The van der Waals surface area contributed by atoms with Gasteiger partial charge in [0, 0.05) is 72.7 Å². The summed E-state index contributed by atoms with van der Waals surface area (Å²) < 4.78 is 4.33. The van der Waals surface area contributed by atoms with Crippen LogP contribution in [0.15, 0.2) is 109 Å². The van der Waals surface area contributed by atoms with Crippen LogP contribution in [0, 0.1) is 27.7 Å². The van der Waals surface area contributed by atoms with Crippen LogP contribution in [0.3, 0.4) is 0 Å². The Balaban J connectivity index is 0.00000330. The maximum Gasteiger partial charge on any atom is 0.239 e. The number of carbonyl (C=O) groups is 2. The van der Waals surface area contributed by atoms with E-state index in [4.69, 9.17) is 21.4 Å². The van der Waals surface area contributed by atoms with E-state index in [1.165, 1.54) is 0 Å². The first kappa shape index (κ1) is 46.2. The quantitative estimate of drug-likeness (QED) is 0.0561. The molecule has 12 heteroatoms. The van der Waals surface area contributed by atoms with Crippen molar-refractivity contribution < 1.29 is 43.5 Å². The molecule has 0 spiro atoms. The number of halogens is 2. The first-order valence-electron chi connectivity index (χ1n) is 21.4. The van der Waals surface area contributed by atoms with Gasteiger partial charge in [0.1, 0.15) is 22.1 Å². The molecular weight excluding hydrogens is 828 g/mol. The smallest absolute Gasteiger partial charge is 0.239 e. The van der Waals surface area contributed by atoms with Crippen molar-refractivity contribution in [1.29, 1.82) is 0 Å². The van der Waals surface area contributed by atoms with Crippen LogP contribution in [0.1, 0.15) is 80.0 Å². The zero-order chi connectivity index (χ0) is 42.6. The first-order chi connectivity index (χ1) is 29.5. The number of carbonyl (C=O) groups excluding carboxylic acids is 2. The Hall–Kier alpha value is -6.36. The van der Waals surface area contributed by atoms with Gasteiger partial charge in [-0.15, -0.1) is 9.13 Å². The molecule has 0 saturated heterocycles. The topological polar surface area (TPSA) is 144 Å². The van der Waals surface area contributed by atoms with Crippen LogP contribution in [0.4, 0.5) is 22.7 Å². The average molecular weight is 882 g/mol. The second-order valence-electron chi connectivity index (χ2n) is 16.3. The number of para-hydroxylation sites is 2. The number of hydrogen-bond donors (Lipinski definition) is 4. The lowest BCUT2D eigenvalue weighted by atomic mass is 10.1. The first-order valence-corrected chi connectivity index (χ1v) is 21.4. The van der Waals surface area contributed by atoms with Crippen LogP contribution >= 0.6 is 0 Å². The highest BCUT2D eigenvalue weighted by Crippen LogP contribution is 2.29. The largest absolute Gasteiger partial charge is 1.00 e. The summed E-state index contributed by atoms with van der Waals surface area (Å²) in [6, 6.07) is 36.5. The van der Waals surface area contributed by atoms with E-state index in [1.807, 2.05) is 113 Å². The number of nitrogen functional groups attached to an aromatic ring is 2. The van der Waals surface area contributed by atoms with Gasteiger partial charge >= 0.3 is 0 Å². The molecule has 0 atom stereocenters. The minimum atomic E-state index is 0. The molecule has 0 aliphatic heterocycles. The molecule has 0 bridgehead atoms. The van der Waals surface area contributed by atoms with E-state index in [-0.39, 0.29) is 36.6 Å². The molecule has 6 N–H and O–H groups in total. The summed E-state index contributed by atoms with van der Waals surface area (Å²) in [4.78, 5) is 36.3. The molecule has 0 aliphatic carbocycles. The molecule has 8 aromatic rings. The van der Waals surface area contributed by atoms with E-state index in [2.05, 4.69) is 44.0 Å². The zero-order valence-corrected chi connectivity index (χ0v) is 37.8. The molecule has 10 nitrogen and oxygen atoms in total. The second kappa shape index (κ2) is 20.2. The van der Waals surface area contributed by atoms with E-state index in [0.29, 0.717) is 24.2 Å². The molecule has 0 unspecified atom stereocenters. The summed E-state index contributed by atoms with van der Waals surface area (Å²) in [5.74, 6) is 0.0172. The molecule has 324 valence electrons. The average Bonchev–Trinajstić information content (AvgIpc) is 3.24. The van der Waals surface area contributed by atoms with Crippen LogP contribution in [0.5, 0.6) is 0 Å². The van der Waals surface area contributed by atoms with Crippen molar-refractivity contribution in [2.75, 3.05) is 22.1 Å². The number of nitrogens with two attached hydrogens (primary N) is 2. The van der Waals surface area contributed by atoms with Crippen LogP contribution < -0.4 is 56.0 Å². The fourth-order valence-electron chi connectivity index (χ4n) is 8.21. The molecule has 2 amide bonds. The van der Waals surface area contributed by atoms with Gasteiger partial charge in [-0.3, -0.25) is 9.59 Å². The highest BCUT2D eigenvalue weighted by molar-refractivity contribution is 5.96. The van der Waals surface area contributed by atoms with Crippen molar-refractivity contribution in [1.82, 2.24) is 9.97 Å². The lowest BCUT2D eigenvalue weighted by Crippen LogP contribution is -3.00.